The van der Waals surface area contributed by atoms with Gasteiger partial charge in [-0.15, -0.1) is 8.78 Å². The summed E-state index contributed by atoms with van der Waals surface area (Å²) in [5.74, 6) is -2.91. The molecule has 3 aromatic rings. The SMILES string of the molecule is CNc1nccc(CNc2ccccc2C(=O)Nc2ccc3c(c2)OC(F)(F)O3)n1.O=C(O)C(F)(F)F. The lowest BCUT2D eigenvalue weighted by Crippen LogP contribution is -2.25. The Morgan fingerprint density at radius 2 is 1.73 bits per heavy atom. The molecule has 0 fully saturated rings. The van der Waals surface area contributed by atoms with Gasteiger partial charge in [-0.25, -0.2) is 14.8 Å². The van der Waals surface area contributed by atoms with Crippen LogP contribution in [-0.2, 0) is 11.3 Å². The first-order valence-corrected chi connectivity index (χ1v) is 10.2. The van der Waals surface area contributed by atoms with Gasteiger partial charge in [-0.1, -0.05) is 12.1 Å². The highest BCUT2D eigenvalue weighted by molar-refractivity contribution is 6.08. The van der Waals surface area contributed by atoms with Gasteiger partial charge in [0.1, 0.15) is 0 Å². The molecule has 1 aromatic heterocycles. The Balaban J connectivity index is 0.000000479. The number of hydrogen-bond acceptors (Lipinski definition) is 8. The number of para-hydroxylation sites is 1. The van der Waals surface area contributed by atoms with Gasteiger partial charge in [0.25, 0.3) is 5.91 Å². The number of ether oxygens (including phenoxy) is 2. The summed E-state index contributed by atoms with van der Waals surface area (Å²) in [5, 5.41) is 15.8. The molecule has 2 aromatic carbocycles. The second kappa shape index (κ2) is 10.9. The van der Waals surface area contributed by atoms with Gasteiger partial charge in [0.05, 0.1) is 17.8 Å². The first-order chi connectivity index (χ1) is 17.4. The summed E-state index contributed by atoms with van der Waals surface area (Å²) in [6, 6.07) is 12.7. The maximum absolute atomic E-state index is 13.2. The Bertz CT molecular complexity index is 1290. The summed E-state index contributed by atoms with van der Waals surface area (Å²) in [5.41, 5.74) is 2.00. The van der Waals surface area contributed by atoms with Crippen LogP contribution < -0.4 is 25.4 Å². The molecule has 0 spiro atoms. The van der Waals surface area contributed by atoms with Crippen LogP contribution in [0.1, 0.15) is 16.1 Å². The number of rotatable bonds is 6. The highest BCUT2D eigenvalue weighted by Gasteiger charge is 2.43. The molecule has 0 atom stereocenters. The van der Waals surface area contributed by atoms with E-state index in [2.05, 4.69) is 35.4 Å². The van der Waals surface area contributed by atoms with Crippen molar-refractivity contribution in [3.63, 3.8) is 0 Å². The Morgan fingerprint density at radius 1 is 1.05 bits per heavy atom. The fourth-order valence-corrected chi connectivity index (χ4v) is 2.86. The molecule has 37 heavy (non-hydrogen) atoms. The maximum Gasteiger partial charge on any atom is 0.586 e. The van der Waals surface area contributed by atoms with E-state index in [1.807, 2.05) is 0 Å². The zero-order chi connectivity index (χ0) is 27.2. The Labute approximate surface area is 205 Å². The van der Waals surface area contributed by atoms with Crippen molar-refractivity contribution < 1.29 is 46.1 Å². The number of hydrogen-bond donors (Lipinski definition) is 4. The van der Waals surface area contributed by atoms with Crippen LogP contribution in [0, 0.1) is 0 Å². The maximum atomic E-state index is 13.2. The summed E-state index contributed by atoms with van der Waals surface area (Å²) >= 11 is 0. The number of nitrogens with one attached hydrogen (secondary N) is 3. The predicted octanol–water partition coefficient (Wildman–Crippen LogP) is 4.34. The van der Waals surface area contributed by atoms with Crippen LogP contribution in [-0.4, -0.2) is 46.5 Å². The highest BCUT2D eigenvalue weighted by atomic mass is 19.4. The first-order valence-electron chi connectivity index (χ1n) is 10.2. The molecule has 1 aliphatic heterocycles. The summed E-state index contributed by atoms with van der Waals surface area (Å²) in [6.07, 6.45) is -7.16. The third-order valence-electron chi connectivity index (χ3n) is 4.47. The van der Waals surface area contributed by atoms with Crippen molar-refractivity contribution in [1.82, 2.24) is 9.97 Å². The monoisotopic (exact) mass is 527 g/mol. The van der Waals surface area contributed by atoms with Crippen LogP contribution in [0.15, 0.2) is 54.7 Å². The smallest absolute Gasteiger partial charge is 0.475 e. The molecule has 0 aliphatic carbocycles. The lowest BCUT2D eigenvalue weighted by Gasteiger charge is -2.12. The summed E-state index contributed by atoms with van der Waals surface area (Å²) in [7, 11) is 1.73. The normalized spacial score (nSPS) is 13.1. The standard InChI is InChI=1S/C20H17F2N5O3.C2HF3O2/c1-23-19-24-9-8-13(27-19)11-25-15-5-3-2-4-14(15)18(28)26-12-6-7-16-17(10-12)30-20(21,22)29-16;3-2(4,5)1(6)7/h2-10,25H,11H2,1H3,(H,26,28)(H,23,24,27);(H,6,7). The van der Waals surface area contributed by atoms with Gasteiger partial charge in [0, 0.05) is 30.7 Å². The van der Waals surface area contributed by atoms with E-state index in [4.69, 9.17) is 9.90 Å². The summed E-state index contributed by atoms with van der Waals surface area (Å²) in [6.45, 7) is 0.376. The minimum Gasteiger partial charge on any atom is -0.475 e. The van der Waals surface area contributed by atoms with E-state index >= 15 is 0 Å². The molecule has 4 N–H and O–H groups in total. The minimum atomic E-state index is -5.08. The van der Waals surface area contributed by atoms with Gasteiger partial charge < -0.3 is 30.5 Å². The molecule has 0 saturated carbocycles. The molecule has 10 nitrogen and oxygen atoms in total. The van der Waals surface area contributed by atoms with Crippen LogP contribution in [0.5, 0.6) is 11.5 Å². The number of anilines is 3. The van der Waals surface area contributed by atoms with Crippen LogP contribution >= 0.6 is 0 Å². The number of carboxylic acids is 1. The molecule has 1 aliphatic rings. The Morgan fingerprint density at radius 3 is 2.41 bits per heavy atom. The number of carbonyl (C=O) groups excluding carboxylic acids is 1. The third-order valence-corrected chi connectivity index (χ3v) is 4.47. The number of nitrogens with zero attached hydrogens (tertiary/aromatic N) is 2. The van der Waals surface area contributed by atoms with Gasteiger partial charge in [0.2, 0.25) is 5.95 Å². The van der Waals surface area contributed by atoms with Crippen LogP contribution in [0.2, 0.25) is 0 Å². The van der Waals surface area contributed by atoms with E-state index in [0.717, 1.165) is 5.69 Å². The first kappa shape index (κ1) is 26.9. The van der Waals surface area contributed by atoms with Crippen molar-refractivity contribution in [2.75, 3.05) is 23.0 Å². The third kappa shape index (κ3) is 7.39. The zero-order valence-corrected chi connectivity index (χ0v) is 18.8. The van der Waals surface area contributed by atoms with Gasteiger partial charge in [-0.2, -0.15) is 13.2 Å². The summed E-state index contributed by atoms with van der Waals surface area (Å²) in [4.78, 5) is 30.0. The van der Waals surface area contributed by atoms with E-state index in [9.17, 15) is 26.7 Å². The molecular formula is C22H18F5N5O5. The van der Waals surface area contributed by atoms with Crippen LogP contribution in [0.3, 0.4) is 0 Å². The topological polar surface area (TPSA) is 135 Å². The number of carbonyl (C=O) groups is 2. The second-order valence-corrected chi connectivity index (χ2v) is 7.11. The molecule has 2 heterocycles. The fourth-order valence-electron chi connectivity index (χ4n) is 2.86. The fraction of sp³-hybridized carbons (Fsp3) is 0.182. The van der Waals surface area contributed by atoms with E-state index in [1.165, 1.54) is 18.2 Å². The number of fused-ring (bicyclic) bond motifs is 1. The van der Waals surface area contributed by atoms with Crippen molar-refractivity contribution in [3.05, 3.63) is 66.0 Å². The van der Waals surface area contributed by atoms with Crippen LogP contribution in [0.25, 0.3) is 0 Å². The number of halogens is 5. The number of aliphatic carboxylic acids is 1. The van der Waals surface area contributed by atoms with E-state index < -0.39 is 24.3 Å². The molecule has 0 bridgehead atoms. The molecule has 4 rings (SSSR count). The van der Waals surface area contributed by atoms with Crippen molar-refractivity contribution in [1.29, 1.82) is 0 Å². The number of aromatic nitrogens is 2. The molecule has 0 saturated heterocycles. The molecule has 196 valence electrons. The Kier molecular flexibility index (Phi) is 7.95. The van der Waals surface area contributed by atoms with Gasteiger partial charge >= 0.3 is 18.4 Å². The average molecular weight is 527 g/mol. The van der Waals surface area contributed by atoms with Crippen molar-refractivity contribution in [2.45, 2.75) is 19.0 Å². The zero-order valence-electron chi connectivity index (χ0n) is 18.8. The van der Waals surface area contributed by atoms with Gasteiger partial charge in [-0.3, -0.25) is 4.79 Å². The lowest BCUT2D eigenvalue weighted by atomic mass is 10.1. The second-order valence-electron chi connectivity index (χ2n) is 7.11. The molecule has 15 heteroatoms. The quantitative estimate of drug-likeness (QED) is 0.346. The predicted molar refractivity (Wildman–Crippen MR) is 120 cm³/mol. The van der Waals surface area contributed by atoms with E-state index in [-0.39, 0.29) is 11.5 Å². The number of benzene rings is 2. The van der Waals surface area contributed by atoms with E-state index in [1.54, 1.807) is 43.6 Å². The van der Waals surface area contributed by atoms with Crippen LogP contribution in [0.4, 0.5) is 39.3 Å². The summed E-state index contributed by atoms with van der Waals surface area (Å²) < 4.78 is 66.8. The Hall–Kier alpha value is -4.69. The average Bonchev–Trinajstić information content (AvgIpc) is 3.16. The molecular weight excluding hydrogens is 509 g/mol. The molecule has 1 amide bonds. The van der Waals surface area contributed by atoms with Gasteiger partial charge in [0.15, 0.2) is 11.5 Å². The van der Waals surface area contributed by atoms with Crippen molar-refractivity contribution in [3.8, 4) is 11.5 Å². The number of carboxylic acid groups (broad SMARTS) is 1. The molecule has 0 unspecified atom stereocenters. The highest BCUT2D eigenvalue weighted by Crippen LogP contribution is 2.42. The van der Waals surface area contributed by atoms with Gasteiger partial charge in [-0.05, 0) is 30.3 Å². The van der Waals surface area contributed by atoms with Crippen molar-refractivity contribution in [2.24, 2.45) is 0 Å². The minimum absolute atomic E-state index is 0.0918. The van der Waals surface area contributed by atoms with Crippen molar-refractivity contribution >= 4 is 29.2 Å². The molecule has 0 radical (unpaired) electrons. The van der Waals surface area contributed by atoms with E-state index in [0.29, 0.717) is 29.4 Å². The number of amides is 1. The largest absolute Gasteiger partial charge is 0.586 e. The lowest BCUT2D eigenvalue weighted by molar-refractivity contribution is -0.286. The number of alkyl halides is 5.